The third-order valence-electron chi connectivity index (χ3n) is 6.68. The van der Waals surface area contributed by atoms with E-state index in [-0.39, 0.29) is 0 Å². The van der Waals surface area contributed by atoms with Crippen molar-refractivity contribution in [2.24, 2.45) is 23.7 Å². The lowest BCUT2D eigenvalue weighted by molar-refractivity contribution is -0.179. The Balaban J connectivity index is 1.65. The van der Waals surface area contributed by atoms with Crippen LogP contribution in [-0.4, -0.2) is 10.1 Å². The molecule has 4 fully saturated rings. The molecule has 0 saturated heterocycles. The topological polar surface area (TPSA) is 33.1 Å². The number of aromatic nitrogens is 1. The van der Waals surface area contributed by atoms with Gasteiger partial charge in [0.1, 0.15) is 0 Å². The second kappa shape index (κ2) is 4.91. The van der Waals surface area contributed by atoms with Crippen LogP contribution in [0.4, 0.5) is 0 Å². The molecule has 0 atom stereocenters. The average Bonchev–Trinajstić information content (AvgIpc) is 2.60. The van der Waals surface area contributed by atoms with Crippen LogP contribution in [0, 0.1) is 23.7 Å². The number of aliphatic hydroxyl groups is 1. The van der Waals surface area contributed by atoms with Gasteiger partial charge in [0.15, 0.2) is 0 Å². The van der Waals surface area contributed by atoms with Crippen molar-refractivity contribution in [3.63, 3.8) is 0 Å². The highest BCUT2D eigenvalue weighted by Gasteiger charge is 2.57. The Bertz CT molecular complexity index is 696. The van der Waals surface area contributed by atoms with Crippen molar-refractivity contribution in [1.29, 1.82) is 0 Å². The molecular weight excluding hydrogens is 282 g/mol. The predicted octanol–water partition coefficient (Wildman–Crippen LogP) is 4.39. The molecule has 1 N–H and O–H groups in total. The zero-order valence-corrected chi connectivity index (χ0v) is 13.4. The number of rotatable bonds is 2. The molecule has 0 spiro atoms. The third kappa shape index (κ3) is 1.94. The van der Waals surface area contributed by atoms with Crippen molar-refractivity contribution in [1.82, 2.24) is 4.98 Å². The lowest BCUT2D eigenvalue weighted by atomic mass is 9.48. The van der Waals surface area contributed by atoms with Crippen LogP contribution in [-0.2, 0) is 5.60 Å². The molecule has 0 amide bonds. The van der Waals surface area contributed by atoms with Crippen LogP contribution in [0.1, 0.15) is 37.7 Å². The van der Waals surface area contributed by atoms with E-state index in [0.29, 0.717) is 11.8 Å². The summed E-state index contributed by atoms with van der Waals surface area (Å²) in [4.78, 5) is 4.54. The summed E-state index contributed by atoms with van der Waals surface area (Å²) in [6.45, 7) is 0. The van der Waals surface area contributed by atoms with Crippen LogP contribution in [0.25, 0.3) is 11.3 Å². The van der Waals surface area contributed by atoms with Crippen LogP contribution in [0.3, 0.4) is 0 Å². The van der Waals surface area contributed by atoms with E-state index in [4.69, 9.17) is 0 Å². The van der Waals surface area contributed by atoms with Crippen LogP contribution < -0.4 is 0 Å². The molecule has 4 bridgehead atoms. The van der Waals surface area contributed by atoms with Gasteiger partial charge in [-0.1, -0.05) is 30.3 Å². The zero-order valence-electron chi connectivity index (χ0n) is 13.4. The van der Waals surface area contributed by atoms with Gasteiger partial charge in [0, 0.05) is 11.8 Å². The number of hydrogen-bond acceptors (Lipinski definition) is 2. The van der Waals surface area contributed by atoms with Crippen LogP contribution in [0.15, 0.2) is 48.7 Å². The fraction of sp³-hybridized carbons (Fsp3) is 0.476. The number of pyridine rings is 1. The highest BCUT2D eigenvalue weighted by atomic mass is 16.3. The second-order valence-corrected chi connectivity index (χ2v) is 7.89. The lowest BCUT2D eigenvalue weighted by Gasteiger charge is -2.59. The first kappa shape index (κ1) is 13.7. The molecule has 0 radical (unpaired) electrons. The fourth-order valence-corrected chi connectivity index (χ4v) is 5.92. The summed E-state index contributed by atoms with van der Waals surface area (Å²) >= 11 is 0. The summed E-state index contributed by atoms with van der Waals surface area (Å²) in [6.07, 6.45) is 8.08. The van der Waals surface area contributed by atoms with E-state index >= 15 is 0 Å². The van der Waals surface area contributed by atoms with Crippen molar-refractivity contribution < 1.29 is 5.11 Å². The standard InChI is InChI=1S/C21H23NO/c23-21(16-10-14-9-15(12-16)13-17(21)11-14)19-6-2-1-5-18(19)20-7-3-4-8-22-20/h1-8,14-17,23H,9-13H2. The molecule has 23 heavy (non-hydrogen) atoms. The quantitative estimate of drug-likeness (QED) is 0.892. The van der Waals surface area contributed by atoms with Crippen LogP contribution in [0.5, 0.6) is 0 Å². The van der Waals surface area contributed by atoms with E-state index in [9.17, 15) is 5.11 Å². The first-order chi connectivity index (χ1) is 11.2. The largest absolute Gasteiger partial charge is 0.385 e. The van der Waals surface area contributed by atoms with Crippen molar-refractivity contribution in [2.45, 2.75) is 37.7 Å². The minimum absolute atomic E-state index is 0.434. The summed E-state index contributed by atoms with van der Waals surface area (Å²) < 4.78 is 0. The molecule has 2 aromatic rings. The summed E-state index contributed by atoms with van der Waals surface area (Å²) in [5.41, 5.74) is 2.56. The number of nitrogens with zero attached hydrogens (tertiary/aromatic N) is 1. The monoisotopic (exact) mass is 305 g/mol. The Hall–Kier alpha value is -1.67. The van der Waals surface area contributed by atoms with Crippen molar-refractivity contribution in [3.8, 4) is 11.3 Å². The van der Waals surface area contributed by atoms with Gasteiger partial charge in [0.05, 0.1) is 11.3 Å². The molecule has 0 aliphatic heterocycles. The first-order valence-corrected chi connectivity index (χ1v) is 8.98. The van der Waals surface area contributed by atoms with E-state index in [1.165, 1.54) is 32.1 Å². The Labute approximate surface area is 137 Å². The van der Waals surface area contributed by atoms with E-state index in [0.717, 1.165) is 28.7 Å². The lowest BCUT2D eigenvalue weighted by Crippen LogP contribution is -2.55. The maximum atomic E-state index is 11.9. The molecule has 2 nitrogen and oxygen atoms in total. The highest BCUT2D eigenvalue weighted by molar-refractivity contribution is 5.65. The number of hydrogen-bond donors (Lipinski definition) is 1. The fourth-order valence-electron chi connectivity index (χ4n) is 5.92. The summed E-state index contributed by atoms with van der Waals surface area (Å²) in [5, 5.41) is 11.9. The second-order valence-electron chi connectivity index (χ2n) is 7.89. The van der Waals surface area contributed by atoms with Crippen molar-refractivity contribution in [2.75, 3.05) is 0 Å². The summed E-state index contributed by atoms with van der Waals surface area (Å²) in [7, 11) is 0. The molecule has 4 aliphatic carbocycles. The molecule has 1 aromatic heterocycles. The minimum Gasteiger partial charge on any atom is -0.385 e. The first-order valence-electron chi connectivity index (χ1n) is 8.98. The molecule has 4 saturated carbocycles. The average molecular weight is 305 g/mol. The molecule has 2 heteroatoms. The highest BCUT2D eigenvalue weighted by Crippen LogP contribution is 2.62. The third-order valence-corrected chi connectivity index (χ3v) is 6.68. The van der Waals surface area contributed by atoms with Crippen molar-refractivity contribution in [3.05, 3.63) is 54.2 Å². The van der Waals surface area contributed by atoms with Gasteiger partial charge in [0.25, 0.3) is 0 Å². The van der Waals surface area contributed by atoms with Gasteiger partial charge in [-0.05, 0) is 73.5 Å². The smallest absolute Gasteiger partial charge is 0.0959 e. The maximum absolute atomic E-state index is 11.9. The molecule has 6 rings (SSSR count). The Morgan fingerprint density at radius 2 is 1.48 bits per heavy atom. The molecule has 4 aliphatic rings. The van der Waals surface area contributed by atoms with E-state index < -0.39 is 5.60 Å². The Morgan fingerprint density at radius 3 is 2.13 bits per heavy atom. The van der Waals surface area contributed by atoms with Crippen LogP contribution >= 0.6 is 0 Å². The van der Waals surface area contributed by atoms with Crippen molar-refractivity contribution >= 4 is 0 Å². The maximum Gasteiger partial charge on any atom is 0.0959 e. The molecule has 118 valence electrons. The zero-order chi connectivity index (χ0) is 15.4. The minimum atomic E-state index is -0.651. The van der Waals surface area contributed by atoms with Gasteiger partial charge < -0.3 is 5.11 Å². The summed E-state index contributed by atoms with van der Waals surface area (Å²) in [6, 6.07) is 14.4. The van der Waals surface area contributed by atoms with E-state index in [1.807, 2.05) is 18.3 Å². The van der Waals surface area contributed by atoms with Crippen LogP contribution in [0.2, 0.25) is 0 Å². The normalized spacial score (nSPS) is 38.0. The van der Waals surface area contributed by atoms with Gasteiger partial charge in [-0.25, -0.2) is 0 Å². The Morgan fingerprint density at radius 1 is 0.826 bits per heavy atom. The summed E-state index contributed by atoms with van der Waals surface area (Å²) in [5.74, 6) is 2.59. The van der Waals surface area contributed by atoms with E-state index in [1.54, 1.807) is 0 Å². The molecule has 1 aromatic carbocycles. The van der Waals surface area contributed by atoms with Gasteiger partial charge in [0.2, 0.25) is 0 Å². The SMILES string of the molecule is OC1(c2ccccc2-c2ccccn2)C2CC3CC(C2)CC1C3. The predicted molar refractivity (Wildman–Crippen MR) is 90.6 cm³/mol. The van der Waals surface area contributed by atoms with Gasteiger partial charge in [-0.3, -0.25) is 4.98 Å². The van der Waals surface area contributed by atoms with Gasteiger partial charge in [-0.15, -0.1) is 0 Å². The molecule has 0 unspecified atom stereocenters. The number of benzene rings is 1. The van der Waals surface area contributed by atoms with E-state index in [2.05, 4.69) is 35.3 Å². The molecule has 1 heterocycles. The van der Waals surface area contributed by atoms with Gasteiger partial charge >= 0.3 is 0 Å². The Kier molecular flexibility index (Phi) is 2.93. The molecular formula is C21H23NO. The van der Waals surface area contributed by atoms with Gasteiger partial charge in [-0.2, -0.15) is 0 Å².